The first kappa shape index (κ1) is 10.9. The molecular formula is C11H15NO2. The number of benzene rings is 1. The van der Waals surface area contributed by atoms with Gasteiger partial charge in [-0.1, -0.05) is 24.3 Å². The zero-order chi connectivity index (χ0) is 10.4. The Morgan fingerprint density at radius 3 is 2.50 bits per heavy atom. The van der Waals surface area contributed by atoms with E-state index in [-0.39, 0.29) is 12.4 Å². The van der Waals surface area contributed by atoms with Crippen LogP contribution < -0.4 is 5.32 Å². The van der Waals surface area contributed by atoms with Crippen molar-refractivity contribution in [1.82, 2.24) is 5.32 Å². The second-order valence-corrected chi connectivity index (χ2v) is 3.15. The maximum Gasteiger partial charge on any atom is 0.159 e. The molecule has 0 aliphatic rings. The Labute approximate surface area is 83.8 Å². The van der Waals surface area contributed by atoms with Gasteiger partial charge in [-0.05, 0) is 12.5 Å². The minimum absolute atomic E-state index is 0.0832. The summed E-state index contributed by atoms with van der Waals surface area (Å²) in [5, 5.41) is 11.6. The molecule has 0 aromatic heterocycles. The van der Waals surface area contributed by atoms with Gasteiger partial charge in [-0.15, -0.1) is 0 Å². The molecule has 2 N–H and O–H groups in total. The Bertz CT molecular complexity index is 293. The van der Waals surface area contributed by atoms with Crippen LogP contribution in [0.3, 0.4) is 0 Å². The lowest BCUT2D eigenvalue weighted by Crippen LogP contribution is -2.17. The molecule has 3 heteroatoms. The standard InChI is InChI=1S/C11H15NO2/c1-9(14)11-4-2-10(3-5-11)8-12-6-7-13/h2-5,12-13H,6-8H2,1H3. The number of nitrogens with one attached hydrogen (secondary N) is 1. The molecule has 0 saturated carbocycles. The number of Topliss-reactive ketones (excluding diaryl/α,β-unsaturated/α-hetero) is 1. The minimum atomic E-state index is 0.0832. The molecule has 0 aliphatic heterocycles. The van der Waals surface area contributed by atoms with Crippen molar-refractivity contribution < 1.29 is 9.90 Å². The molecule has 0 amide bonds. The summed E-state index contributed by atoms with van der Waals surface area (Å²) in [7, 11) is 0. The van der Waals surface area contributed by atoms with Gasteiger partial charge >= 0.3 is 0 Å². The van der Waals surface area contributed by atoms with E-state index in [1.165, 1.54) is 0 Å². The largest absolute Gasteiger partial charge is 0.395 e. The third kappa shape index (κ3) is 3.28. The molecule has 0 bridgehead atoms. The molecule has 0 fully saturated rings. The highest BCUT2D eigenvalue weighted by molar-refractivity contribution is 5.93. The molecule has 1 aromatic rings. The van der Waals surface area contributed by atoms with Crippen molar-refractivity contribution in [2.75, 3.05) is 13.2 Å². The molecule has 0 atom stereocenters. The lowest BCUT2D eigenvalue weighted by Gasteiger charge is -2.03. The van der Waals surface area contributed by atoms with E-state index in [0.717, 1.165) is 17.7 Å². The number of aliphatic hydroxyl groups excluding tert-OH is 1. The van der Waals surface area contributed by atoms with E-state index in [1.54, 1.807) is 6.92 Å². The first-order chi connectivity index (χ1) is 6.74. The number of ketones is 1. The van der Waals surface area contributed by atoms with Gasteiger partial charge in [0.2, 0.25) is 0 Å². The van der Waals surface area contributed by atoms with Crippen LogP contribution in [0.4, 0.5) is 0 Å². The van der Waals surface area contributed by atoms with Crippen LogP contribution in [-0.4, -0.2) is 24.0 Å². The van der Waals surface area contributed by atoms with Gasteiger partial charge in [0, 0.05) is 18.7 Å². The Morgan fingerprint density at radius 2 is 2.00 bits per heavy atom. The summed E-state index contributed by atoms with van der Waals surface area (Å²) < 4.78 is 0. The van der Waals surface area contributed by atoms with Crippen LogP contribution in [0, 0.1) is 0 Å². The van der Waals surface area contributed by atoms with E-state index in [0.29, 0.717) is 6.54 Å². The number of hydrogen-bond donors (Lipinski definition) is 2. The van der Waals surface area contributed by atoms with Gasteiger partial charge in [-0.25, -0.2) is 0 Å². The molecule has 76 valence electrons. The van der Waals surface area contributed by atoms with Crippen molar-refractivity contribution in [3.8, 4) is 0 Å². The van der Waals surface area contributed by atoms with Gasteiger partial charge in [-0.3, -0.25) is 4.79 Å². The number of carbonyl (C=O) groups excluding carboxylic acids is 1. The fourth-order valence-electron chi connectivity index (χ4n) is 1.17. The third-order valence-electron chi connectivity index (χ3n) is 1.98. The van der Waals surface area contributed by atoms with Crippen LogP contribution in [0.2, 0.25) is 0 Å². The van der Waals surface area contributed by atoms with Crippen LogP contribution >= 0.6 is 0 Å². The summed E-state index contributed by atoms with van der Waals surface area (Å²) in [6.45, 7) is 3.01. The van der Waals surface area contributed by atoms with Crippen LogP contribution in [-0.2, 0) is 6.54 Å². The monoisotopic (exact) mass is 193 g/mol. The Kier molecular flexibility index (Phi) is 4.29. The van der Waals surface area contributed by atoms with Gasteiger partial charge in [0.25, 0.3) is 0 Å². The topological polar surface area (TPSA) is 49.3 Å². The van der Waals surface area contributed by atoms with Crippen molar-refractivity contribution in [2.45, 2.75) is 13.5 Å². The van der Waals surface area contributed by atoms with Gasteiger partial charge in [0.1, 0.15) is 0 Å². The molecule has 0 spiro atoms. The summed E-state index contributed by atoms with van der Waals surface area (Å²) in [5.41, 5.74) is 1.85. The first-order valence-corrected chi connectivity index (χ1v) is 4.65. The molecule has 0 saturated heterocycles. The number of aliphatic hydroxyl groups is 1. The summed E-state index contributed by atoms with van der Waals surface area (Å²) in [6.07, 6.45) is 0. The Hall–Kier alpha value is -1.19. The zero-order valence-corrected chi connectivity index (χ0v) is 8.29. The summed E-state index contributed by atoms with van der Waals surface area (Å²) in [4.78, 5) is 11.0. The molecule has 3 nitrogen and oxygen atoms in total. The smallest absolute Gasteiger partial charge is 0.159 e. The predicted octanol–water partition coefficient (Wildman–Crippen LogP) is 0.971. The van der Waals surface area contributed by atoms with Crippen LogP contribution in [0.1, 0.15) is 22.8 Å². The van der Waals surface area contributed by atoms with Gasteiger partial charge in [0.05, 0.1) is 6.61 Å². The summed E-state index contributed by atoms with van der Waals surface area (Å²) in [6, 6.07) is 7.47. The molecule has 0 radical (unpaired) electrons. The average molecular weight is 193 g/mol. The average Bonchev–Trinajstić information content (AvgIpc) is 2.19. The van der Waals surface area contributed by atoms with Crippen molar-refractivity contribution in [3.63, 3.8) is 0 Å². The van der Waals surface area contributed by atoms with Crippen molar-refractivity contribution in [3.05, 3.63) is 35.4 Å². The second kappa shape index (κ2) is 5.52. The fraction of sp³-hybridized carbons (Fsp3) is 0.364. The Morgan fingerprint density at radius 1 is 1.36 bits per heavy atom. The van der Waals surface area contributed by atoms with E-state index >= 15 is 0 Å². The number of hydrogen-bond acceptors (Lipinski definition) is 3. The van der Waals surface area contributed by atoms with Gasteiger partial charge in [-0.2, -0.15) is 0 Å². The van der Waals surface area contributed by atoms with Crippen molar-refractivity contribution >= 4 is 5.78 Å². The molecular weight excluding hydrogens is 178 g/mol. The Balaban J connectivity index is 2.51. The molecule has 14 heavy (non-hydrogen) atoms. The highest BCUT2D eigenvalue weighted by Gasteiger charge is 1.98. The van der Waals surface area contributed by atoms with Crippen molar-refractivity contribution in [2.24, 2.45) is 0 Å². The van der Waals surface area contributed by atoms with Crippen LogP contribution in [0.25, 0.3) is 0 Å². The predicted molar refractivity (Wildman–Crippen MR) is 55.2 cm³/mol. The van der Waals surface area contributed by atoms with E-state index in [2.05, 4.69) is 5.32 Å². The number of rotatable bonds is 5. The quantitative estimate of drug-likeness (QED) is 0.541. The SMILES string of the molecule is CC(=O)c1ccc(CNCCO)cc1. The van der Waals surface area contributed by atoms with E-state index < -0.39 is 0 Å². The highest BCUT2D eigenvalue weighted by atomic mass is 16.3. The second-order valence-electron chi connectivity index (χ2n) is 3.15. The fourth-order valence-corrected chi connectivity index (χ4v) is 1.17. The van der Waals surface area contributed by atoms with Gasteiger partial charge < -0.3 is 10.4 Å². The van der Waals surface area contributed by atoms with E-state index in [4.69, 9.17) is 5.11 Å². The number of carbonyl (C=O) groups is 1. The zero-order valence-electron chi connectivity index (χ0n) is 8.29. The molecule has 1 rings (SSSR count). The summed E-state index contributed by atoms with van der Waals surface area (Å²) >= 11 is 0. The minimum Gasteiger partial charge on any atom is -0.395 e. The normalized spacial score (nSPS) is 10.1. The summed E-state index contributed by atoms with van der Waals surface area (Å²) in [5.74, 6) is 0.0832. The molecule has 0 unspecified atom stereocenters. The maximum absolute atomic E-state index is 11.0. The highest BCUT2D eigenvalue weighted by Crippen LogP contribution is 2.04. The van der Waals surface area contributed by atoms with Gasteiger partial charge in [0.15, 0.2) is 5.78 Å². The lowest BCUT2D eigenvalue weighted by atomic mass is 10.1. The van der Waals surface area contributed by atoms with Crippen LogP contribution in [0.15, 0.2) is 24.3 Å². The molecule has 1 aromatic carbocycles. The van der Waals surface area contributed by atoms with Crippen LogP contribution in [0.5, 0.6) is 0 Å². The molecule has 0 heterocycles. The first-order valence-electron chi connectivity index (χ1n) is 4.65. The van der Waals surface area contributed by atoms with E-state index in [9.17, 15) is 4.79 Å². The maximum atomic E-state index is 11.0. The van der Waals surface area contributed by atoms with E-state index in [1.807, 2.05) is 24.3 Å². The molecule has 0 aliphatic carbocycles. The lowest BCUT2D eigenvalue weighted by molar-refractivity contribution is 0.101. The third-order valence-corrected chi connectivity index (χ3v) is 1.98. The van der Waals surface area contributed by atoms with Crippen molar-refractivity contribution in [1.29, 1.82) is 0 Å².